The van der Waals surface area contributed by atoms with Crippen LogP contribution in [0.4, 0.5) is 0 Å². The maximum atomic E-state index is 12.9. The van der Waals surface area contributed by atoms with Crippen molar-refractivity contribution in [3.05, 3.63) is 59.2 Å². The molecule has 3 atom stereocenters. The molecule has 0 radical (unpaired) electrons. The Hall–Kier alpha value is -2.53. The van der Waals surface area contributed by atoms with E-state index >= 15 is 0 Å². The van der Waals surface area contributed by atoms with Crippen molar-refractivity contribution in [3.8, 4) is 11.5 Å². The highest BCUT2D eigenvalue weighted by Crippen LogP contribution is 2.32. The summed E-state index contributed by atoms with van der Waals surface area (Å²) in [5.74, 6) is 1.67. The Morgan fingerprint density at radius 2 is 1.90 bits per heavy atom. The zero-order valence-electron chi connectivity index (χ0n) is 17.6. The molecule has 3 rings (SSSR count). The van der Waals surface area contributed by atoms with Crippen molar-refractivity contribution in [2.75, 3.05) is 14.2 Å². The SMILES string of the molecule is COc1ccc(C(Cc2ccccc2C)NC(=O)C[C@@H]2CCC[C@H]2N)cc1OC. The molecule has 0 bridgehead atoms. The molecule has 5 nitrogen and oxygen atoms in total. The average molecular weight is 397 g/mol. The van der Waals surface area contributed by atoms with Gasteiger partial charge in [0.25, 0.3) is 0 Å². The molecule has 2 aromatic carbocycles. The van der Waals surface area contributed by atoms with Gasteiger partial charge in [-0.15, -0.1) is 0 Å². The molecular weight excluding hydrogens is 364 g/mol. The fourth-order valence-corrected chi connectivity index (χ4v) is 4.19. The minimum Gasteiger partial charge on any atom is -0.493 e. The van der Waals surface area contributed by atoms with Gasteiger partial charge in [-0.25, -0.2) is 0 Å². The molecule has 1 unspecified atom stereocenters. The maximum absolute atomic E-state index is 12.9. The smallest absolute Gasteiger partial charge is 0.220 e. The number of methoxy groups -OCH3 is 2. The summed E-state index contributed by atoms with van der Waals surface area (Å²) in [6.07, 6.45) is 4.36. The molecule has 3 N–H and O–H groups in total. The largest absolute Gasteiger partial charge is 0.493 e. The van der Waals surface area contributed by atoms with Crippen LogP contribution in [0.15, 0.2) is 42.5 Å². The van der Waals surface area contributed by atoms with E-state index in [2.05, 4.69) is 24.4 Å². The molecule has 0 spiro atoms. The molecule has 0 aliphatic heterocycles. The van der Waals surface area contributed by atoms with Crippen molar-refractivity contribution in [3.63, 3.8) is 0 Å². The van der Waals surface area contributed by atoms with Crippen LogP contribution >= 0.6 is 0 Å². The Kier molecular flexibility index (Phi) is 7.15. The molecule has 1 amide bonds. The van der Waals surface area contributed by atoms with Gasteiger partial charge in [-0.2, -0.15) is 0 Å². The van der Waals surface area contributed by atoms with E-state index < -0.39 is 0 Å². The topological polar surface area (TPSA) is 73.6 Å². The Balaban J connectivity index is 1.83. The van der Waals surface area contributed by atoms with Gasteiger partial charge < -0.3 is 20.5 Å². The Labute approximate surface area is 173 Å². The first-order chi connectivity index (χ1) is 14.0. The van der Waals surface area contributed by atoms with Crippen LogP contribution in [0.2, 0.25) is 0 Å². The Morgan fingerprint density at radius 3 is 2.55 bits per heavy atom. The van der Waals surface area contributed by atoms with Gasteiger partial charge in [-0.1, -0.05) is 36.8 Å². The van der Waals surface area contributed by atoms with E-state index in [0.717, 1.165) is 24.8 Å². The average Bonchev–Trinajstić information content (AvgIpc) is 3.12. The summed E-state index contributed by atoms with van der Waals surface area (Å²) in [5, 5.41) is 3.25. The molecule has 0 aromatic heterocycles. The van der Waals surface area contributed by atoms with E-state index in [1.54, 1.807) is 14.2 Å². The predicted molar refractivity (Wildman–Crippen MR) is 115 cm³/mol. The van der Waals surface area contributed by atoms with Crippen LogP contribution in [0.5, 0.6) is 11.5 Å². The lowest BCUT2D eigenvalue weighted by Crippen LogP contribution is -2.34. The maximum Gasteiger partial charge on any atom is 0.220 e. The number of carbonyl (C=O) groups is 1. The van der Waals surface area contributed by atoms with Gasteiger partial charge in [0.1, 0.15) is 0 Å². The van der Waals surface area contributed by atoms with E-state index in [-0.39, 0.29) is 23.9 Å². The van der Waals surface area contributed by atoms with Gasteiger partial charge in [-0.05, 0) is 60.9 Å². The summed E-state index contributed by atoms with van der Waals surface area (Å²) in [6, 6.07) is 14.1. The molecule has 1 aliphatic rings. The molecule has 1 fully saturated rings. The van der Waals surface area contributed by atoms with E-state index in [4.69, 9.17) is 15.2 Å². The van der Waals surface area contributed by atoms with Crippen molar-refractivity contribution < 1.29 is 14.3 Å². The summed E-state index contributed by atoms with van der Waals surface area (Å²) in [4.78, 5) is 12.9. The summed E-state index contributed by atoms with van der Waals surface area (Å²) >= 11 is 0. The van der Waals surface area contributed by atoms with Crippen LogP contribution in [0, 0.1) is 12.8 Å². The van der Waals surface area contributed by atoms with E-state index in [1.807, 2.05) is 30.3 Å². The lowest BCUT2D eigenvalue weighted by molar-refractivity contribution is -0.122. The summed E-state index contributed by atoms with van der Waals surface area (Å²) in [7, 11) is 3.24. The molecule has 0 saturated heterocycles. The highest BCUT2D eigenvalue weighted by molar-refractivity contribution is 5.77. The van der Waals surface area contributed by atoms with Gasteiger partial charge in [-0.3, -0.25) is 4.79 Å². The van der Waals surface area contributed by atoms with Crippen LogP contribution in [-0.2, 0) is 11.2 Å². The van der Waals surface area contributed by atoms with Gasteiger partial charge in [0.15, 0.2) is 11.5 Å². The van der Waals surface area contributed by atoms with Gasteiger partial charge in [0, 0.05) is 12.5 Å². The number of carbonyl (C=O) groups excluding carboxylic acids is 1. The number of hydrogen-bond donors (Lipinski definition) is 2. The Morgan fingerprint density at radius 1 is 1.14 bits per heavy atom. The number of nitrogens with two attached hydrogens (primary N) is 1. The third-order valence-corrected chi connectivity index (χ3v) is 6.00. The highest BCUT2D eigenvalue weighted by atomic mass is 16.5. The molecule has 2 aromatic rings. The zero-order valence-corrected chi connectivity index (χ0v) is 17.6. The van der Waals surface area contributed by atoms with Gasteiger partial charge >= 0.3 is 0 Å². The molecule has 0 heterocycles. The monoisotopic (exact) mass is 396 g/mol. The third-order valence-electron chi connectivity index (χ3n) is 6.00. The number of nitrogens with one attached hydrogen (secondary N) is 1. The summed E-state index contributed by atoms with van der Waals surface area (Å²) < 4.78 is 10.8. The van der Waals surface area contributed by atoms with Crippen molar-refractivity contribution in [1.29, 1.82) is 0 Å². The first-order valence-corrected chi connectivity index (χ1v) is 10.3. The minimum absolute atomic E-state index is 0.0562. The van der Waals surface area contributed by atoms with E-state index in [1.165, 1.54) is 11.1 Å². The van der Waals surface area contributed by atoms with Gasteiger partial charge in [0.05, 0.1) is 20.3 Å². The number of rotatable bonds is 8. The summed E-state index contributed by atoms with van der Waals surface area (Å²) in [5.41, 5.74) is 9.59. The molecule has 156 valence electrons. The number of aryl methyl sites for hydroxylation is 1. The number of amides is 1. The molecule has 1 aliphatic carbocycles. The van der Waals surface area contributed by atoms with E-state index in [0.29, 0.717) is 24.3 Å². The molecular formula is C24H32N2O3. The van der Waals surface area contributed by atoms with Gasteiger partial charge in [0.2, 0.25) is 5.91 Å². The quantitative estimate of drug-likeness (QED) is 0.709. The van der Waals surface area contributed by atoms with Crippen molar-refractivity contribution in [1.82, 2.24) is 5.32 Å². The van der Waals surface area contributed by atoms with Crippen molar-refractivity contribution in [2.24, 2.45) is 11.7 Å². The first kappa shape index (κ1) is 21.2. The summed E-state index contributed by atoms with van der Waals surface area (Å²) in [6.45, 7) is 2.10. The number of benzene rings is 2. The second-order valence-corrected chi connectivity index (χ2v) is 7.92. The van der Waals surface area contributed by atoms with Crippen LogP contribution in [0.3, 0.4) is 0 Å². The van der Waals surface area contributed by atoms with Crippen molar-refractivity contribution >= 4 is 5.91 Å². The standard InChI is InChI=1S/C24H32N2O3/c1-16-7-4-5-8-17(16)13-21(19-11-12-22(28-2)23(14-19)29-3)26-24(27)15-18-9-6-10-20(18)25/h4-5,7-8,11-12,14,18,20-21H,6,9-10,13,15,25H2,1-3H3,(H,26,27)/t18-,20+,21?/m0/s1. The van der Waals surface area contributed by atoms with E-state index in [9.17, 15) is 4.79 Å². The van der Waals surface area contributed by atoms with Crippen molar-refractivity contribution in [2.45, 2.75) is 51.1 Å². The molecule has 29 heavy (non-hydrogen) atoms. The Bertz CT molecular complexity index is 837. The fourth-order valence-electron chi connectivity index (χ4n) is 4.19. The van der Waals surface area contributed by atoms with Crippen LogP contribution < -0.4 is 20.5 Å². The third kappa shape index (κ3) is 5.30. The van der Waals surface area contributed by atoms with Crippen LogP contribution in [0.25, 0.3) is 0 Å². The second kappa shape index (κ2) is 9.79. The van der Waals surface area contributed by atoms with Crippen LogP contribution in [-0.4, -0.2) is 26.2 Å². The van der Waals surface area contributed by atoms with Crippen LogP contribution in [0.1, 0.15) is 48.4 Å². The second-order valence-electron chi connectivity index (χ2n) is 7.92. The predicted octanol–water partition coefficient (Wildman–Crippen LogP) is 3.93. The lowest BCUT2D eigenvalue weighted by Gasteiger charge is -2.23. The number of hydrogen-bond acceptors (Lipinski definition) is 4. The fraction of sp³-hybridized carbons (Fsp3) is 0.458. The zero-order chi connectivity index (χ0) is 20.8. The normalized spacial score (nSPS) is 19.6. The number of ether oxygens (including phenoxy) is 2. The highest BCUT2D eigenvalue weighted by Gasteiger charge is 2.27. The first-order valence-electron chi connectivity index (χ1n) is 10.3. The molecule has 1 saturated carbocycles. The molecule has 5 heteroatoms. The lowest BCUT2D eigenvalue weighted by atomic mass is 9.94. The minimum atomic E-state index is -0.152.